The number of carbonyl (C=O) groups excluding carboxylic acids is 1. The molecule has 3 aromatic rings. The summed E-state index contributed by atoms with van der Waals surface area (Å²) in [6.07, 6.45) is 8.94. The summed E-state index contributed by atoms with van der Waals surface area (Å²) in [6.45, 7) is 3.27. The maximum atomic E-state index is 11.6. The SMILES string of the molecule is CC(=O)N1CCC(c2cnc3ccc(Nc4nnc(C5CCCC5)s4)nc3c2)CC1. The van der Waals surface area contributed by atoms with Crippen LogP contribution in [0.2, 0.25) is 0 Å². The van der Waals surface area contributed by atoms with Gasteiger partial charge < -0.3 is 10.2 Å². The fraction of sp³-hybridized carbons (Fsp3) is 0.500. The minimum Gasteiger partial charge on any atom is -0.343 e. The van der Waals surface area contributed by atoms with Gasteiger partial charge in [-0.2, -0.15) is 0 Å². The monoisotopic (exact) mass is 422 g/mol. The zero-order valence-corrected chi connectivity index (χ0v) is 18.0. The standard InChI is InChI=1S/C22H26N6OS/c1-14(29)28-10-8-15(9-11-28)17-12-19-18(23-13-17)6-7-20(24-19)25-22-27-26-21(30-22)16-4-2-3-5-16/h6-7,12-13,15-16H,2-5,8-11H2,1H3,(H,24,25,27). The van der Waals surface area contributed by atoms with Crippen molar-refractivity contribution < 1.29 is 4.79 Å². The molecule has 8 heteroatoms. The molecule has 1 saturated heterocycles. The number of hydrogen-bond acceptors (Lipinski definition) is 7. The van der Waals surface area contributed by atoms with E-state index in [0.717, 1.165) is 52.9 Å². The van der Waals surface area contributed by atoms with Crippen LogP contribution in [0.3, 0.4) is 0 Å². The van der Waals surface area contributed by atoms with E-state index in [0.29, 0.717) is 11.8 Å². The average Bonchev–Trinajstić information content (AvgIpc) is 3.45. The largest absolute Gasteiger partial charge is 0.343 e. The molecule has 156 valence electrons. The van der Waals surface area contributed by atoms with E-state index in [4.69, 9.17) is 4.98 Å². The number of likely N-dealkylation sites (tertiary alicyclic amines) is 1. The summed E-state index contributed by atoms with van der Waals surface area (Å²) in [5, 5.41) is 14.0. The molecule has 1 saturated carbocycles. The first kappa shape index (κ1) is 19.4. The highest BCUT2D eigenvalue weighted by Gasteiger charge is 2.23. The second kappa shape index (κ2) is 8.26. The molecule has 0 radical (unpaired) electrons. The highest BCUT2D eigenvalue weighted by Crippen LogP contribution is 2.37. The Balaban J connectivity index is 1.32. The molecule has 1 aliphatic carbocycles. The number of nitrogens with one attached hydrogen (secondary N) is 1. The number of rotatable bonds is 4. The third-order valence-corrected chi connectivity index (χ3v) is 7.35. The van der Waals surface area contributed by atoms with Crippen molar-refractivity contribution in [3.05, 3.63) is 35.0 Å². The summed E-state index contributed by atoms with van der Waals surface area (Å²) in [7, 11) is 0. The number of hydrogen-bond donors (Lipinski definition) is 1. The van der Waals surface area contributed by atoms with Gasteiger partial charge in [-0.1, -0.05) is 24.2 Å². The maximum Gasteiger partial charge on any atom is 0.219 e. The summed E-state index contributed by atoms with van der Waals surface area (Å²) in [6, 6.07) is 6.08. The third kappa shape index (κ3) is 4.01. The fourth-order valence-electron chi connectivity index (χ4n) is 4.58. The highest BCUT2D eigenvalue weighted by atomic mass is 32.1. The molecule has 4 heterocycles. The first-order valence-electron chi connectivity index (χ1n) is 10.8. The highest BCUT2D eigenvalue weighted by molar-refractivity contribution is 7.15. The van der Waals surface area contributed by atoms with Crippen LogP contribution in [-0.4, -0.2) is 44.1 Å². The summed E-state index contributed by atoms with van der Waals surface area (Å²) < 4.78 is 0. The quantitative estimate of drug-likeness (QED) is 0.661. The van der Waals surface area contributed by atoms with E-state index in [1.54, 1.807) is 18.3 Å². The first-order valence-corrected chi connectivity index (χ1v) is 11.6. The zero-order valence-electron chi connectivity index (χ0n) is 17.2. The lowest BCUT2D eigenvalue weighted by Crippen LogP contribution is -2.36. The van der Waals surface area contributed by atoms with Crippen molar-refractivity contribution in [3.8, 4) is 0 Å². The zero-order chi connectivity index (χ0) is 20.5. The second-order valence-corrected chi connectivity index (χ2v) is 9.34. The van der Waals surface area contributed by atoms with Crippen LogP contribution in [0, 0.1) is 0 Å². The van der Waals surface area contributed by atoms with Crippen LogP contribution in [0.25, 0.3) is 11.0 Å². The number of aromatic nitrogens is 4. The molecule has 5 rings (SSSR count). The van der Waals surface area contributed by atoms with Crippen molar-refractivity contribution in [3.63, 3.8) is 0 Å². The van der Waals surface area contributed by atoms with E-state index in [1.807, 2.05) is 23.2 Å². The van der Waals surface area contributed by atoms with Gasteiger partial charge in [0.05, 0.1) is 11.0 Å². The Kier molecular flexibility index (Phi) is 5.33. The normalized spacial score (nSPS) is 18.2. The number of nitrogens with zero attached hydrogens (tertiary/aromatic N) is 5. The van der Waals surface area contributed by atoms with E-state index in [2.05, 4.69) is 26.6 Å². The van der Waals surface area contributed by atoms with Crippen LogP contribution in [0.4, 0.5) is 10.9 Å². The molecule has 1 amide bonds. The molecule has 1 N–H and O–H groups in total. The summed E-state index contributed by atoms with van der Waals surface area (Å²) >= 11 is 1.64. The number of fused-ring (bicyclic) bond motifs is 1. The predicted molar refractivity (Wildman–Crippen MR) is 118 cm³/mol. The smallest absolute Gasteiger partial charge is 0.219 e. The van der Waals surface area contributed by atoms with Crippen LogP contribution in [0.5, 0.6) is 0 Å². The van der Waals surface area contributed by atoms with Gasteiger partial charge in [0.1, 0.15) is 10.8 Å². The lowest BCUT2D eigenvalue weighted by molar-refractivity contribution is -0.129. The molecule has 1 aliphatic heterocycles. The van der Waals surface area contributed by atoms with Crippen LogP contribution >= 0.6 is 11.3 Å². The Bertz CT molecular complexity index is 1050. The predicted octanol–water partition coefficient (Wildman–Crippen LogP) is 4.61. The molecule has 3 aromatic heterocycles. The van der Waals surface area contributed by atoms with Crippen LogP contribution < -0.4 is 5.32 Å². The van der Waals surface area contributed by atoms with Gasteiger partial charge in [0.15, 0.2) is 0 Å². The van der Waals surface area contributed by atoms with Gasteiger partial charge in [0, 0.05) is 32.1 Å². The Hall–Kier alpha value is -2.61. The molecular weight excluding hydrogens is 396 g/mol. The fourth-order valence-corrected chi connectivity index (χ4v) is 5.49. The number of carbonyl (C=O) groups is 1. The number of amides is 1. The van der Waals surface area contributed by atoms with Gasteiger partial charge in [0.25, 0.3) is 0 Å². The lowest BCUT2D eigenvalue weighted by Gasteiger charge is -2.31. The van der Waals surface area contributed by atoms with Crippen LogP contribution in [0.1, 0.15) is 67.9 Å². The van der Waals surface area contributed by atoms with Gasteiger partial charge in [0.2, 0.25) is 11.0 Å². The lowest BCUT2D eigenvalue weighted by atomic mass is 9.90. The molecule has 2 fully saturated rings. The Morgan fingerprint density at radius 1 is 1.07 bits per heavy atom. The molecule has 30 heavy (non-hydrogen) atoms. The molecule has 2 aliphatic rings. The van der Waals surface area contributed by atoms with Gasteiger partial charge in [-0.15, -0.1) is 10.2 Å². The second-order valence-electron chi connectivity index (χ2n) is 8.34. The van der Waals surface area contributed by atoms with Crippen molar-refractivity contribution in [1.82, 2.24) is 25.1 Å². The minimum absolute atomic E-state index is 0.162. The molecule has 7 nitrogen and oxygen atoms in total. The van der Waals surface area contributed by atoms with Gasteiger partial charge in [-0.3, -0.25) is 9.78 Å². The minimum atomic E-state index is 0.162. The van der Waals surface area contributed by atoms with Gasteiger partial charge >= 0.3 is 0 Å². The van der Waals surface area contributed by atoms with E-state index in [-0.39, 0.29) is 5.91 Å². The van der Waals surface area contributed by atoms with E-state index >= 15 is 0 Å². The van der Waals surface area contributed by atoms with Gasteiger partial charge in [-0.05, 0) is 55.4 Å². The van der Waals surface area contributed by atoms with Crippen molar-refractivity contribution >= 4 is 39.2 Å². The van der Waals surface area contributed by atoms with E-state index < -0.39 is 0 Å². The first-order chi connectivity index (χ1) is 14.7. The van der Waals surface area contributed by atoms with Crippen LogP contribution in [0.15, 0.2) is 24.4 Å². The number of piperidine rings is 1. The maximum absolute atomic E-state index is 11.6. The Morgan fingerprint density at radius 3 is 2.63 bits per heavy atom. The van der Waals surface area contributed by atoms with Crippen molar-refractivity contribution in [2.75, 3.05) is 18.4 Å². The molecule has 0 unspecified atom stereocenters. The number of pyridine rings is 2. The van der Waals surface area contributed by atoms with E-state index in [1.165, 1.54) is 31.2 Å². The molecular formula is C22H26N6OS. The average molecular weight is 423 g/mol. The summed E-state index contributed by atoms with van der Waals surface area (Å²) in [5.41, 5.74) is 2.97. The van der Waals surface area contributed by atoms with Crippen molar-refractivity contribution in [1.29, 1.82) is 0 Å². The Labute approximate surface area is 179 Å². The topological polar surface area (TPSA) is 83.9 Å². The molecule has 0 spiro atoms. The summed E-state index contributed by atoms with van der Waals surface area (Å²) in [5.74, 6) is 1.93. The number of anilines is 2. The molecule has 0 bridgehead atoms. The van der Waals surface area contributed by atoms with Crippen LogP contribution in [-0.2, 0) is 4.79 Å². The third-order valence-electron chi connectivity index (χ3n) is 6.35. The Morgan fingerprint density at radius 2 is 1.87 bits per heavy atom. The van der Waals surface area contributed by atoms with Gasteiger partial charge in [-0.25, -0.2) is 4.98 Å². The van der Waals surface area contributed by atoms with Crippen molar-refractivity contribution in [2.24, 2.45) is 0 Å². The van der Waals surface area contributed by atoms with Crippen molar-refractivity contribution in [2.45, 2.75) is 57.3 Å². The molecule has 0 atom stereocenters. The molecule has 0 aromatic carbocycles. The summed E-state index contributed by atoms with van der Waals surface area (Å²) in [4.78, 5) is 22.9. The van der Waals surface area contributed by atoms with E-state index in [9.17, 15) is 4.79 Å².